The Balaban J connectivity index is 1.65. The van der Waals surface area contributed by atoms with Crippen LogP contribution < -0.4 is 5.32 Å². The molecule has 1 amide bonds. The van der Waals surface area contributed by atoms with Crippen LogP contribution in [0.3, 0.4) is 0 Å². The number of rotatable bonds is 4. The standard InChI is InChI=1S/C17H14ClN3OS/c1-11-3-2-4-12(7-11)17-21-14(10-23-17)9-20-16(22)13-5-6-15(18)19-8-13/h2-8,10H,9H2,1H3,(H,20,22). The molecule has 1 aromatic carbocycles. The highest BCUT2D eigenvalue weighted by Gasteiger charge is 2.08. The lowest BCUT2D eigenvalue weighted by atomic mass is 10.1. The molecule has 0 spiro atoms. The molecule has 2 heterocycles. The second-order valence-corrected chi connectivity index (χ2v) is 6.31. The van der Waals surface area contributed by atoms with Crippen molar-refractivity contribution in [3.63, 3.8) is 0 Å². The zero-order valence-electron chi connectivity index (χ0n) is 12.4. The molecule has 116 valence electrons. The fourth-order valence-corrected chi connectivity index (χ4v) is 3.01. The van der Waals surface area contributed by atoms with E-state index in [1.54, 1.807) is 23.5 Å². The second-order valence-electron chi connectivity index (χ2n) is 5.07. The number of aryl methyl sites for hydroxylation is 1. The van der Waals surface area contributed by atoms with Crippen molar-refractivity contribution >= 4 is 28.8 Å². The van der Waals surface area contributed by atoms with Crippen LogP contribution in [-0.2, 0) is 6.54 Å². The highest BCUT2D eigenvalue weighted by atomic mass is 35.5. The van der Waals surface area contributed by atoms with Crippen molar-refractivity contribution in [3.8, 4) is 10.6 Å². The number of nitrogens with one attached hydrogen (secondary N) is 1. The Morgan fingerprint density at radius 2 is 2.17 bits per heavy atom. The van der Waals surface area contributed by atoms with Crippen molar-refractivity contribution in [2.75, 3.05) is 0 Å². The molecule has 23 heavy (non-hydrogen) atoms. The molecule has 2 aromatic heterocycles. The van der Waals surface area contributed by atoms with E-state index in [1.807, 2.05) is 17.5 Å². The van der Waals surface area contributed by atoms with Crippen molar-refractivity contribution in [2.45, 2.75) is 13.5 Å². The monoisotopic (exact) mass is 343 g/mol. The average molecular weight is 344 g/mol. The molecule has 0 fully saturated rings. The third kappa shape index (κ3) is 3.94. The predicted octanol–water partition coefficient (Wildman–Crippen LogP) is 4.10. The molecular formula is C17H14ClN3OS. The molecule has 0 saturated heterocycles. The lowest BCUT2D eigenvalue weighted by Gasteiger charge is -2.03. The van der Waals surface area contributed by atoms with Gasteiger partial charge in [-0.25, -0.2) is 9.97 Å². The van der Waals surface area contributed by atoms with Crippen LogP contribution in [0.15, 0.2) is 48.0 Å². The Hall–Kier alpha value is -2.24. The molecule has 0 aliphatic carbocycles. The van der Waals surface area contributed by atoms with Crippen LogP contribution in [0, 0.1) is 6.92 Å². The Labute approximate surface area is 143 Å². The number of carbonyl (C=O) groups is 1. The first-order chi connectivity index (χ1) is 11.1. The van der Waals surface area contributed by atoms with E-state index in [0.29, 0.717) is 17.3 Å². The van der Waals surface area contributed by atoms with Gasteiger partial charge in [-0.3, -0.25) is 4.79 Å². The van der Waals surface area contributed by atoms with Crippen molar-refractivity contribution in [2.24, 2.45) is 0 Å². The van der Waals surface area contributed by atoms with E-state index < -0.39 is 0 Å². The number of aromatic nitrogens is 2. The minimum atomic E-state index is -0.195. The lowest BCUT2D eigenvalue weighted by Crippen LogP contribution is -2.23. The summed E-state index contributed by atoms with van der Waals surface area (Å²) in [5.41, 5.74) is 3.60. The first kappa shape index (κ1) is 15.6. The summed E-state index contributed by atoms with van der Waals surface area (Å²) in [5.74, 6) is -0.195. The number of halogens is 1. The van der Waals surface area contributed by atoms with E-state index in [-0.39, 0.29) is 5.91 Å². The quantitative estimate of drug-likeness (QED) is 0.726. The SMILES string of the molecule is Cc1cccc(-c2nc(CNC(=O)c3ccc(Cl)nc3)cs2)c1. The van der Waals surface area contributed by atoms with Crippen LogP contribution >= 0.6 is 22.9 Å². The van der Waals surface area contributed by atoms with Crippen LogP contribution in [0.5, 0.6) is 0 Å². The predicted molar refractivity (Wildman–Crippen MR) is 92.7 cm³/mol. The number of pyridine rings is 1. The Bertz CT molecular complexity index is 830. The van der Waals surface area contributed by atoms with E-state index in [9.17, 15) is 4.79 Å². The van der Waals surface area contributed by atoms with E-state index >= 15 is 0 Å². The van der Waals surface area contributed by atoms with Crippen molar-refractivity contribution in [1.82, 2.24) is 15.3 Å². The summed E-state index contributed by atoms with van der Waals surface area (Å²) in [7, 11) is 0. The van der Waals surface area contributed by atoms with Gasteiger partial charge in [-0.15, -0.1) is 11.3 Å². The van der Waals surface area contributed by atoms with E-state index in [0.717, 1.165) is 16.3 Å². The molecule has 1 N–H and O–H groups in total. The summed E-state index contributed by atoms with van der Waals surface area (Å²) < 4.78 is 0. The van der Waals surface area contributed by atoms with Gasteiger partial charge in [0, 0.05) is 17.1 Å². The van der Waals surface area contributed by atoms with Crippen LogP contribution in [0.25, 0.3) is 10.6 Å². The van der Waals surface area contributed by atoms with Gasteiger partial charge >= 0.3 is 0 Å². The molecule has 3 aromatic rings. The van der Waals surface area contributed by atoms with Gasteiger partial charge < -0.3 is 5.32 Å². The van der Waals surface area contributed by atoms with Gasteiger partial charge in [0.15, 0.2) is 0 Å². The van der Waals surface area contributed by atoms with Crippen LogP contribution in [-0.4, -0.2) is 15.9 Å². The molecule has 3 rings (SSSR count). The molecule has 0 radical (unpaired) electrons. The van der Waals surface area contributed by atoms with E-state index in [1.165, 1.54) is 11.8 Å². The van der Waals surface area contributed by atoms with Gasteiger partial charge in [-0.2, -0.15) is 0 Å². The van der Waals surface area contributed by atoms with E-state index in [2.05, 4.69) is 34.3 Å². The smallest absolute Gasteiger partial charge is 0.253 e. The van der Waals surface area contributed by atoms with Crippen molar-refractivity contribution < 1.29 is 4.79 Å². The summed E-state index contributed by atoms with van der Waals surface area (Å²) in [5, 5.41) is 6.10. The maximum atomic E-state index is 12.0. The normalized spacial score (nSPS) is 10.5. The second kappa shape index (κ2) is 6.89. The van der Waals surface area contributed by atoms with Crippen LogP contribution in [0.1, 0.15) is 21.6 Å². The Kier molecular flexibility index (Phi) is 4.69. The summed E-state index contributed by atoms with van der Waals surface area (Å²) in [4.78, 5) is 20.5. The maximum Gasteiger partial charge on any atom is 0.253 e. The number of amides is 1. The van der Waals surface area contributed by atoms with Gasteiger partial charge in [-0.05, 0) is 25.1 Å². The van der Waals surface area contributed by atoms with Gasteiger partial charge in [0.2, 0.25) is 0 Å². The first-order valence-electron chi connectivity index (χ1n) is 7.03. The topological polar surface area (TPSA) is 54.9 Å². The van der Waals surface area contributed by atoms with Crippen molar-refractivity contribution in [1.29, 1.82) is 0 Å². The third-order valence-electron chi connectivity index (χ3n) is 3.24. The number of nitrogens with zero attached hydrogens (tertiary/aromatic N) is 2. The summed E-state index contributed by atoms with van der Waals surface area (Å²) in [6.45, 7) is 2.43. The van der Waals surface area contributed by atoms with Crippen LogP contribution in [0.4, 0.5) is 0 Å². The molecule has 0 unspecified atom stereocenters. The number of hydrogen-bond donors (Lipinski definition) is 1. The third-order valence-corrected chi connectivity index (χ3v) is 4.40. The summed E-state index contributed by atoms with van der Waals surface area (Å²) >= 11 is 7.28. The fourth-order valence-electron chi connectivity index (χ4n) is 2.08. The first-order valence-corrected chi connectivity index (χ1v) is 8.29. The number of hydrogen-bond acceptors (Lipinski definition) is 4. The zero-order valence-corrected chi connectivity index (χ0v) is 14.0. The molecule has 0 bridgehead atoms. The van der Waals surface area contributed by atoms with Gasteiger partial charge in [0.05, 0.1) is 17.8 Å². The van der Waals surface area contributed by atoms with Gasteiger partial charge in [-0.1, -0.05) is 35.4 Å². The molecular weight excluding hydrogens is 330 g/mol. The van der Waals surface area contributed by atoms with Gasteiger partial charge in [0.25, 0.3) is 5.91 Å². The molecule has 6 heteroatoms. The summed E-state index contributed by atoms with van der Waals surface area (Å²) in [6.07, 6.45) is 1.46. The molecule has 0 aliphatic rings. The number of benzene rings is 1. The largest absolute Gasteiger partial charge is 0.346 e. The minimum Gasteiger partial charge on any atom is -0.346 e. The number of carbonyl (C=O) groups excluding carboxylic acids is 1. The highest BCUT2D eigenvalue weighted by molar-refractivity contribution is 7.13. The fraction of sp³-hybridized carbons (Fsp3) is 0.118. The van der Waals surface area contributed by atoms with Crippen LogP contribution in [0.2, 0.25) is 5.15 Å². The number of thiazole rings is 1. The van der Waals surface area contributed by atoms with E-state index in [4.69, 9.17) is 11.6 Å². The minimum absolute atomic E-state index is 0.195. The lowest BCUT2D eigenvalue weighted by molar-refractivity contribution is 0.0950. The zero-order chi connectivity index (χ0) is 16.2. The Morgan fingerprint density at radius 3 is 2.91 bits per heavy atom. The molecule has 4 nitrogen and oxygen atoms in total. The molecule has 0 aliphatic heterocycles. The van der Waals surface area contributed by atoms with Gasteiger partial charge in [0.1, 0.15) is 10.2 Å². The maximum absolute atomic E-state index is 12.0. The summed E-state index contributed by atoms with van der Waals surface area (Å²) in [6, 6.07) is 11.4. The molecule has 0 atom stereocenters. The Morgan fingerprint density at radius 1 is 1.30 bits per heavy atom. The highest BCUT2D eigenvalue weighted by Crippen LogP contribution is 2.24. The molecule has 0 saturated carbocycles. The van der Waals surface area contributed by atoms with Crippen molar-refractivity contribution in [3.05, 3.63) is 69.9 Å². The average Bonchev–Trinajstić information content (AvgIpc) is 3.02.